The van der Waals surface area contributed by atoms with Gasteiger partial charge in [0.15, 0.2) is 0 Å². The first kappa shape index (κ1) is 11.7. The molecule has 0 bridgehead atoms. The van der Waals surface area contributed by atoms with Gasteiger partial charge in [-0.3, -0.25) is 4.79 Å². The van der Waals surface area contributed by atoms with Gasteiger partial charge in [0.25, 0.3) is 6.43 Å². The third-order valence-electron chi connectivity index (χ3n) is 1.80. The predicted octanol–water partition coefficient (Wildman–Crippen LogP) is 2.64. The first-order chi connectivity index (χ1) is 6.73. The molecule has 84 valence electrons. The summed E-state index contributed by atoms with van der Waals surface area (Å²) < 4.78 is 61.5. The number of H-pyrrole nitrogens is 1. The predicted molar refractivity (Wildman–Crippen MR) is 41.8 cm³/mol. The molecule has 1 rings (SSSR count). The molecule has 0 aliphatic carbocycles. The zero-order chi connectivity index (χ0) is 11.8. The van der Waals surface area contributed by atoms with Gasteiger partial charge in [0.2, 0.25) is 5.56 Å². The molecule has 2 nitrogen and oxygen atoms in total. The van der Waals surface area contributed by atoms with E-state index in [0.717, 1.165) is 6.92 Å². The molecule has 0 fully saturated rings. The summed E-state index contributed by atoms with van der Waals surface area (Å²) in [5, 5.41) is 0. The summed E-state index contributed by atoms with van der Waals surface area (Å²) >= 11 is 0. The number of hydrogen-bond donors (Lipinski definition) is 1. The fraction of sp³-hybridized carbons (Fsp3) is 0.375. The lowest BCUT2D eigenvalue weighted by Crippen LogP contribution is -2.18. The van der Waals surface area contributed by atoms with E-state index in [1.165, 1.54) is 0 Å². The van der Waals surface area contributed by atoms with Crippen molar-refractivity contribution in [1.82, 2.24) is 4.98 Å². The summed E-state index contributed by atoms with van der Waals surface area (Å²) in [5.74, 6) is 0. The summed E-state index contributed by atoms with van der Waals surface area (Å²) in [5.41, 5.74) is -4.28. The molecule has 0 saturated heterocycles. The molecule has 0 saturated carbocycles. The van der Waals surface area contributed by atoms with E-state index >= 15 is 0 Å². The van der Waals surface area contributed by atoms with Gasteiger partial charge in [0, 0.05) is 17.3 Å². The van der Waals surface area contributed by atoms with Crippen LogP contribution >= 0.6 is 0 Å². The third-order valence-corrected chi connectivity index (χ3v) is 1.80. The Balaban J connectivity index is 3.55. The van der Waals surface area contributed by atoms with E-state index in [2.05, 4.69) is 0 Å². The quantitative estimate of drug-likeness (QED) is 0.735. The highest BCUT2D eigenvalue weighted by molar-refractivity contribution is 5.32. The lowest BCUT2D eigenvalue weighted by Gasteiger charge is -2.13. The Kier molecular flexibility index (Phi) is 2.83. The molecular weight excluding hydrogens is 221 g/mol. The van der Waals surface area contributed by atoms with E-state index in [4.69, 9.17) is 0 Å². The standard InChI is InChI=1S/C8H6F5NO/c1-3-6(7(9)10)4(8(11,12)13)2-5(15)14-3/h2,7H,1H3,(H,14,15). The molecular formula is C8H6F5NO. The smallest absolute Gasteiger partial charge is 0.326 e. The fourth-order valence-corrected chi connectivity index (χ4v) is 1.21. The monoisotopic (exact) mass is 227 g/mol. The minimum absolute atomic E-state index is 0.133. The van der Waals surface area contributed by atoms with Crippen molar-refractivity contribution < 1.29 is 22.0 Å². The molecule has 0 radical (unpaired) electrons. The number of pyridine rings is 1. The number of rotatable bonds is 1. The molecule has 0 atom stereocenters. The zero-order valence-corrected chi connectivity index (χ0v) is 7.45. The van der Waals surface area contributed by atoms with Gasteiger partial charge in [-0.1, -0.05) is 0 Å². The molecule has 0 spiro atoms. The summed E-state index contributed by atoms with van der Waals surface area (Å²) in [6, 6.07) is 0.133. The molecule has 0 amide bonds. The van der Waals surface area contributed by atoms with Crippen molar-refractivity contribution in [3.05, 3.63) is 33.2 Å². The summed E-state index contributed by atoms with van der Waals surface area (Å²) in [6.45, 7) is 0.998. The average Bonchev–Trinajstić information content (AvgIpc) is 1.99. The molecule has 0 aliphatic rings. The van der Waals surface area contributed by atoms with E-state index < -0.39 is 35.0 Å². The lowest BCUT2D eigenvalue weighted by molar-refractivity contribution is -0.139. The summed E-state index contributed by atoms with van der Waals surface area (Å²) in [7, 11) is 0. The Bertz CT molecular complexity index is 420. The van der Waals surface area contributed by atoms with Gasteiger partial charge in [-0.05, 0) is 6.92 Å². The molecule has 0 unspecified atom stereocenters. The minimum atomic E-state index is -4.95. The number of aryl methyl sites for hydroxylation is 1. The summed E-state index contributed by atoms with van der Waals surface area (Å²) in [6.07, 6.45) is -8.23. The van der Waals surface area contributed by atoms with Crippen LogP contribution in [0.25, 0.3) is 0 Å². The van der Waals surface area contributed by atoms with Crippen molar-refractivity contribution in [2.75, 3.05) is 0 Å². The van der Waals surface area contributed by atoms with Gasteiger partial charge < -0.3 is 4.98 Å². The topological polar surface area (TPSA) is 32.9 Å². The normalized spacial score (nSPS) is 12.2. The largest absolute Gasteiger partial charge is 0.417 e. The second-order valence-electron chi connectivity index (χ2n) is 2.88. The van der Waals surface area contributed by atoms with Gasteiger partial charge in [-0.15, -0.1) is 0 Å². The van der Waals surface area contributed by atoms with Crippen LogP contribution in [0.15, 0.2) is 10.9 Å². The minimum Gasteiger partial charge on any atom is -0.326 e. The second kappa shape index (κ2) is 3.63. The van der Waals surface area contributed by atoms with Crippen LogP contribution in [0.3, 0.4) is 0 Å². The van der Waals surface area contributed by atoms with Crippen molar-refractivity contribution in [2.45, 2.75) is 19.5 Å². The van der Waals surface area contributed by atoms with Crippen molar-refractivity contribution >= 4 is 0 Å². The Hall–Kier alpha value is -1.40. The Morgan fingerprint density at radius 1 is 1.33 bits per heavy atom. The first-order valence-corrected chi connectivity index (χ1v) is 3.82. The van der Waals surface area contributed by atoms with Gasteiger partial charge in [-0.2, -0.15) is 13.2 Å². The molecule has 15 heavy (non-hydrogen) atoms. The van der Waals surface area contributed by atoms with Crippen molar-refractivity contribution in [3.8, 4) is 0 Å². The maximum atomic E-state index is 12.3. The molecule has 1 heterocycles. The Labute approximate surface area is 80.7 Å². The average molecular weight is 227 g/mol. The first-order valence-electron chi connectivity index (χ1n) is 3.82. The fourth-order valence-electron chi connectivity index (χ4n) is 1.21. The number of hydrogen-bond acceptors (Lipinski definition) is 1. The number of alkyl halides is 5. The molecule has 1 aromatic heterocycles. The van der Waals surface area contributed by atoms with Crippen molar-refractivity contribution in [2.24, 2.45) is 0 Å². The molecule has 1 aromatic rings. The molecule has 1 N–H and O–H groups in total. The SMILES string of the molecule is Cc1[nH]c(=O)cc(C(F)(F)F)c1C(F)F. The zero-order valence-electron chi connectivity index (χ0n) is 7.45. The molecule has 0 aromatic carbocycles. The van der Waals surface area contributed by atoms with Crippen LogP contribution < -0.4 is 5.56 Å². The van der Waals surface area contributed by atoms with E-state index in [9.17, 15) is 26.7 Å². The number of aromatic amines is 1. The highest BCUT2D eigenvalue weighted by Gasteiger charge is 2.37. The van der Waals surface area contributed by atoms with Crippen molar-refractivity contribution in [3.63, 3.8) is 0 Å². The Morgan fingerprint density at radius 2 is 1.87 bits per heavy atom. The van der Waals surface area contributed by atoms with Crippen molar-refractivity contribution in [1.29, 1.82) is 0 Å². The van der Waals surface area contributed by atoms with Gasteiger partial charge in [-0.25, -0.2) is 8.78 Å². The van der Waals surface area contributed by atoms with E-state index in [-0.39, 0.29) is 6.07 Å². The van der Waals surface area contributed by atoms with Crippen LogP contribution in [0.2, 0.25) is 0 Å². The van der Waals surface area contributed by atoms with Crippen LogP contribution in [0.5, 0.6) is 0 Å². The number of nitrogens with one attached hydrogen (secondary N) is 1. The highest BCUT2D eigenvalue weighted by Crippen LogP contribution is 2.36. The van der Waals surface area contributed by atoms with Gasteiger partial charge in [0.05, 0.1) is 5.56 Å². The van der Waals surface area contributed by atoms with Crippen LogP contribution in [-0.4, -0.2) is 4.98 Å². The van der Waals surface area contributed by atoms with Crippen LogP contribution in [0.1, 0.15) is 23.2 Å². The van der Waals surface area contributed by atoms with E-state index in [1.54, 1.807) is 0 Å². The molecule has 7 heteroatoms. The molecule has 0 aliphatic heterocycles. The van der Waals surface area contributed by atoms with Crippen LogP contribution in [0.4, 0.5) is 22.0 Å². The number of halogens is 5. The number of aromatic nitrogens is 1. The second-order valence-corrected chi connectivity index (χ2v) is 2.88. The summed E-state index contributed by atoms with van der Waals surface area (Å²) in [4.78, 5) is 12.6. The van der Waals surface area contributed by atoms with E-state index in [0.29, 0.717) is 0 Å². The maximum absolute atomic E-state index is 12.3. The maximum Gasteiger partial charge on any atom is 0.417 e. The van der Waals surface area contributed by atoms with Crippen LogP contribution in [-0.2, 0) is 6.18 Å². The van der Waals surface area contributed by atoms with Gasteiger partial charge in [0.1, 0.15) is 0 Å². The van der Waals surface area contributed by atoms with E-state index in [1.807, 2.05) is 4.98 Å². The van der Waals surface area contributed by atoms with Gasteiger partial charge >= 0.3 is 6.18 Å². The lowest BCUT2D eigenvalue weighted by atomic mass is 10.1. The van der Waals surface area contributed by atoms with Crippen LogP contribution in [0, 0.1) is 6.92 Å². The third kappa shape index (κ3) is 2.34. The highest BCUT2D eigenvalue weighted by atomic mass is 19.4. The Morgan fingerprint density at radius 3 is 2.27 bits per heavy atom.